The van der Waals surface area contributed by atoms with Gasteiger partial charge in [-0.25, -0.2) is 0 Å². The van der Waals surface area contributed by atoms with Crippen molar-refractivity contribution in [1.82, 2.24) is 0 Å². The molecule has 0 aliphatic heterocycles. The highest BCUT2D eigenvalue weighted by atomic mass is 32.1. The molecule has 0 rings (SSSR count). The molecule has 0 aromatic heterocycles. The molecule has 0 saturated carbocycles. The first-order chi connectivity index (χ1) is 7.39. The minimum Gasteiger partial charge on any atom is -0.469 e. The highest BCUT2D eigenvalue weighted by molar-refractivity contribution is 7.82. The summed E-state index contributed by atoms with van der Waals surface area (Å²) in [5.41, 5.74) is 0. The maximum absolute atomic E-state index is 11.4. The fourth-order valence-corrected chi connectivity index (χ4v) is 1.37. The molecule has 6 nitrogen and oxygen atoms in total. The van der Waals surface area contributed by atoms with Crippen molar-refractivity contribution in [3.05, 3.63) is 0 Å². The summed E-state index contributed by atoms with van der Waals surface area (Å²) in [6, 6.07) is 0. The molecule has 7 heteroatoms. The zero-order valence-corrected chi connectivity index (χ0v) is 10.2. The minimum atomic E-state index is -1.56. The van der Waals surface area contributed by atoms with Gasteiger partial charge in [0.1, 0.15) is 4.75 Å². The zero-order chi connectivity index (χ0) is 12.8. The first-order valence-electron chi connectivity index (χ1n) is 4.34. The lowest BCUT2D eigenvalue weighted by molar-refractivity contribution is -0.153. The van der Waals surface area contributed by atoms with Crippen LogP contribution in [0.5, 0.6) is 0 Å². The maximum atomic E-state index is 11.4. The van der Waals surface area contributed by atoms with Crippen LogP contribution < -0.4 is 0 Å². The van der Waals surface area contributed by atoms with Crippen LogP contribution in [0.4, 0.5) is 0 Å². The second kappa shape index (κ2) is 6.37. The molecule has 0 spiro atoms. The molecule has 0 aliphatic rings. The summed E-state index contributed by atoms with van der Waals surface area (Å²) in [7, 11) is 3.49. The predicted octanol–water partition coefficient (Wildman–Crippen LogP) is -0.0458. The molecular weight excluding hydrogens is 236 g/mol. The van der Waals surface area contributed by atoms with Crippen LogP contribution in [0.25, 0.3) is 0 Å². The van der Waals surface area contributed by atoms with E-state index in [-0.39, 0.29) is 12.8 Å². The van der Waals surface area contributed by atoms with Crippen molar-refractivity contribution in [2.75, 3.05) is 21.3 Å². The van der Waals surface area contributed by atoms with E-state index in [9.17, 15) is 14.4 Å². The van der Waals surface area contributed by atoms with Gasteiger partial charge in [-0.3, -0.25) is 14.4 Å². The standard InChI is InChI=1S/C9H14O6S/c1-13-6(10)4-9(16,8(12)15-3)5-7(11)14-2/h16H,4-5H2,1-3H3. The number of hydrogen-bond donors (Lipinski definition) is 1. The topological polar surface area (TPSA) is 78.9 Å². The van der Waals surface area contributed by atoms with Gasteiger partial charge in [-0.1, -0.05) is 0 Å². The number of esters is 3. The molecule has 92 valence electrons. The van der Waals surface area contributed by atoms with E-state index in [2.05, 4.69) is 26.8 Å². The second-order valence-electron chi connectivity index (χ2n) is 3.03. The average molecular weight is 250 g/mol. The van der Waals surface area contributed by atoms with Crippen LogP contribution in [-0.2, 0) is 28.6 Å². The van der Waals surface area contributed by atoms with E-state index in [4.69, 9.17) is 0 Å². The third kappa shape index (κ3) is 4.09. The Labute approximate surface area is 98.6 Å². The van der Waals surface area contributed by atoms with Gasteiger partial charge in [0.15, 0.2) is 0 Å². The maximum Gasteiger partial charge on any atom is 0.322 e. The Morgan fingerprint density at radius 2 is 1.31 bits per heavy atom. The first kappa shape index (κ1) is 14.8. The van der Waals surface area contributed by atoms with Crippen molar-refractivity contribution in [3.63, 3.8) is 0 Å². The lowest BCUT2D eigenvalue weighted by Crippen LogP contribution is -2.39. The Balaban J connectivity index is 4.81. The van der Waals surface area contributed by atoms with Gasteiger partial charge in [-0.05, 0) is 0 Å². The second-order valence-corrected chi connectivity index (χ2v) is 3.89. The van der Waals surface area contributed by atoms with Gasteiger partial charge in [-0.2, -0.15) is 12.6 Å². The summed E-state index contributed by atoms with van der Waals surface area (Å²) in [5, 5.41) is 0. The number of hydrogen-bond acceptors (Lipinski definition) is 7. The monoisotopic (exact) mass is 250 g/mol. The van der Waals surface area contributed by atoms with E-state index in [1.54, 1.807) is 0 Å². The molecule has 0 fully saturated rings. The Bertz CT molecular complexity index is 270. The Morgan fingerprint density at radius 1 is 0.938 bits per heavy atom. The molecular formula is C9H14O6S. The summed E-state index contributed by atoms with van der Waals surface area (Å²) in [5.74, 6) is -2.11. The number of methoxy groups -OCH3 is 3. The lowest BCUT2D eigenvalue weighted by atomic mass is 10.0. The summed E-state index contributed by atoms with van der Waals surface area (Å²) >= 11 is 4.00. The van der Waals surface area contributed by atoms with Crippen molar-refractivity contribution >= 4 is 30.5 Å². The highest BCUT2D eigenvalue weighted by Crippen LogP contribution is 2.26. The molecule has 0 radical (unpaired) electrons. The lowest BCUT2D eigenvalue weighted by Gasteiger charge is -2.22. The van der Waals surface area contributed by atoms with Crippen LogP contribution in [0.15, 0.2) is 0 Å². The predicted molar refractivity (Wildman–Crippen MR) is 57.0 cm³/mol. The van der Waals surface area contributed by atoms with Gasteiger partial charge in [0, 0.05) is 0 Å². The zero-order valence-electron chi connectivity index (χ0n) is 9.31. The molecule has 0 aromatic carbocycles. The van der Waals surface area contributed by atoms with Crippen molar-refractivity contribution in [2.45, 2.75) is 17.6 Å². The summed E-state index contributed by atoms with van der Waals surface area (Å²) < 4.78 is 11.7. The number of carbonyl (C=O) groups is 3. The highest BCUT2D eigenvalue weighted by Gasteiger charge is 2.41. The van der Waals surface area contributed by atoms with E-state index < -0.39 is 22.7 Å². The SMILES string of the molecule is COC(=O)CC(S)(CC(=O)OC)C(=O)OC. The van der Waals surface area contributed by atoms with E-state index in [1.165, 1.54) is 14.2 Å². The molecule has 0 heterocycles. The Kier molecular flexibility index (Phi) is 5.87. The van der Waals surface area contributed by atoms with Gasteiger partial charge in [0.2, 0.25) is 0 Å². The molecule has 0 aromatic rings. The fraction of sp³-hybridized carbons (Fsp3) is 0.667. The van der Waals surface area contributed by atoms with Gasteiger partial charge in [0.25, 0.3) is 0 Å². The van der Waals surface area contributed by atoms with Crippen LogP contribution in [0, 0.1) is 0 Å². The van der Waals surface area contributed by atoms with Gasteiger partial charge in [0.05, 0.1) is 34.2 Å². The van der Waals surface area contributed by atoms with Crippen LogP contribution in [0.2, 0.25) is 0 Å². The molecule has 16 heavy (non-hydrogen) atoms. The van der Waals surface area contributed by atoms with Gasteiger partial charge >= 0.3 is 17.9 Å². The Hall–Kier alpha value is -1.24. The van der Waals surface area contributed by atoms with E-state index in [0.29, 0.717) is 0 Å². The molecule has 0 amide bonds. The molecule has 0 aliphatic carbocycles. The van der Waals surface area contributed by atoms with Gasteiger partial charge in [-0.15, -0.1) is 0 Å². The third-order valence-corrected chi connectivity index (χ3v) is 2.39. The quantitative estimate of drug-likeness (QED) is 0.419. The summed E-state index contributed by atoms with van der Waals surface area (Å²) in [4.78, 5) is 33.6. The molecule has 0 N–H and O–H groups in total. The van der Waals surface area contributed by atoms with E-state index in [1.807, 2.05) is 0 Å². The molecule has 0 bridgehead atoms. The van der Waals surface area contributed by atoms with E-state index >= 15 is 0 Å². The summed E-state index contributed by atoms with van der Waals surface area (Å²) in [6.07, 6.45) is -0.733. The molecule has 0 unspecified atom stereocenters. The number of rotatable bonds is 5. The fourth-order valence-electron chi connectivity index (χ4n) is 1.02. The normalized spacial score (nSPS) is 10.5. The van der Waals surface area contributed by atoms with Crippen LogP contribution in [0.1, 0.15) is 12.8 Å². The smallest absolute Gasteiger partial charge is 0.322 e. The Morgan fingerprint density at radius 3 is 1.56 bits per heavy atom. The van der Waals surface area contributed by atoms with Gasteiger partial charge < -0.3 is 14.2 Å². The molecule has 0 saturated heterocycles. The van der Waals surface area contributed by atoms with Crippen molar-refractivity contribution in [3.8, 4) is 0 Å². The number of thiol groups is 1. The largest absolute Gasteiger partial charge is 0.469 e. The average Bonchev–Trinajstić information content (AvgIpc) is 2.27. The number of ether oxygens (including phenoxy) is 3. The van der Waals surface area contributed by atoms with Crippen LogP contribution in [-0.4, -0.2) is 44.0 Å². The number of carbonyl (C=O) groups excluding carboxylic acids is 3. The van der Waals surface area contributed by atoms with Crippen molar-refractivity contribution < 1.29 is 28.6 Å². The van der Waals surface area contributed by atoms with Crippen LogP contribution >= 0.6 is 12.6 Å². The first-order valence-corrected chi connectivity index (χ1v) is 4.78. The van der Waals surface area contributed by atoms with Crippen molar-refractivity contribution in [2.24, 2.45) is 0 Å². The van der Waals surface area contributed by atoms with Crippen molar-refractivity contribution in [1.29, 1.82) is 0 Å². The molecule has 0 atom stereocenters. The third-order valence-electron chi connectivity index (χ3n) is 1.89. The minimum absolute atomic E-state index is 0.367. The van der Waals surface area contributed by atoms with Crippen LogP contribution in [0.3, 0.4) is 0 Å². The van der Waals surface area contributed by atoms with E-state index in [0.717, 1.165) is 7.11 Å². The summed E-state index contributed by atoms with van der Waals surface area (Å²) in [6.45, 7) is 0.